The van der Waals surface area contributed by atoms with Crippen molar-refractivity contribution >= 4 is 33.9 Å². The van der Waals surface area contributed by atoms with Gasteiger partial charge in [0.1, 0.15) is 16.9 Å². The fourth-order valence-electron chi connectivity index (χ4n) is 3.49. The van der Waals surface area contributed by atoms with Crippen LogP contribution < -0.4 is 4.57 Å². The van der Waals surface area contributed by atoms with Crippen LogP contribution in [-0.2, 0) is 0 Å². The average molecular weight is 372 g/mol. The van der Waals surface area contributed by atoms with Crippen LogP contribution in [0.1, 0.15) is 5.82 Å². The summed E-state index contributed by atoms with van der Waals surface area (Å²) in [6, 6.07) is 26.1. The maximum Gasteiger partial charge on any atom is 0.328 e. The van der Waals surface area contributed by atoms with Gasteiger partial charge < -0.3 is 0 Å². The minimum Gasteiger partial charge on any atom is -0.207 e. The van der Waals surface area contributed by atoms with Gasteiger partial charge in [0.25, 0.3) is 5.65 Å². The second kappa shape index (κ2) is 6.18. The Hall–Kier alpha value is -3.24. The van der Waals surface area contributed by atoms with E-state index in [4.69, 9.17) is 21.6 Å². The largest absolute Gasteiger partial charge is 0.328 e. The molecule has 0 radical (unpaired) electrons. The fourth-order valence-corrected chi connectivity index (χ4v) is 3.65. The Balaban J connectivity index is 1.94. The zero-order valence-corrected chi connectivity index (χ0v) is 15.4. The lowest BCUT2D eigenvalue weighted by Gasteiger charge is -2.02. The van der Waals surface area contributed by atoms with Gasteiger partial charge in [-0.05, 0) is 42.5 Å². The summed E-state index contributed by atoms with van der Waals surface area (Å²) in [6.07, 6.45) is 0. The predicted octanol–water partition coefficient (Wildman–Crippen LogP) is 4.81. The zero-order chi connectivity index (χ0) is 18.4. The lowest BCUT2D eigenvalue weighted by Crippen LogP contribution is -2.34. The quantitative estimate of drug-likeness (QED) is 0.417. The standard InChI is InChI=1S/C22H16ClN4/c1-15-26(17-8-4-2-5-9-17)21-22(27(15)18-10-6-3-7-11-18)25-20-14-16(23)12-13-19(20)24-21/h2-14H,1H3/q+1. The molecule has 0 bridgehead atoms. The Morgan fingerprint density at radius 1 is 0.815 bits per heavy atom. The minimum atomic E-state index is 0.654. The highest BCUT2D eigenvalue weighted by molar-refractivity contribution is 6.31. The van der Waals surface area contributed by atoms with Crippen LogP contribution in [0.4, 0.5) is 0 Å². The Labute approximate surface area is 161 Å². The maximum atomic E-state index is 6.18. The van der Waals surface area contributed by atoms with Gasteiger partial charge in [-0.1, -0.05) is 53.0 Å². The second-order valence-corrected chi connectivity index (χ2v) is 6.83. The Morgan fingerprint density at radius 2 is 1.52 bits per heavy atom. The normalized spacial score (nSPS) is 11.3. The van der Waals surface area contributed by atoms with Crippen molar-refractivity contribution in [1.29, 1.82) is 0 Å². The van der Waals surface area contributed by atoms with E-state index in [0.717, 1.165) is 39.5 Å². The molecule has 0 saturated heterocycles. The van der Waals surface area contributed by atoms with Crippen molar-refractivity contribution in [3.05, 3.63) is 89.7 Å². The molecule has 2 aromatic heterocycles. The molecule has 0 N–H and O–H groups in total. The number of para-hydroxylation sites is 2. The number of rotatable bonds is 2. The number of hydrogen-bond acceptors (Lipinski definition) is 2. The topological polar surface area (TPSA) is 34.6 Å². The molecule has 130 valence electrons. The fraction of sp³-hybridized carbons (Fsp3) is 0.0455. The van der Waals surface area contributed by atoms with Gasteiger partial charge in [0.2, 0.25) is 5.82 Å². The summed E-state index contributed by atoms with van der Waals surface area (Å²) >= 11 is 6.18. The predicted molar refractivity (Wildman–Crippen MR) is 108 cm³/mol. The number of halogens is 1. The Bertz CT molecular complexity index is 1280. The summed E-state index contributed by atoms with van der Waals surface area (Å²) < 4.78 is 4.28. The summed E-state index contributed by atoms with van der Waals surface area (Å²) in [5.74, 6) is 1.03. The first-order valence-electron chi connectivity index (χ1n) is 8.73. The molecule has 0 saturated carbocycles. The molecule has 3 aromatic carbocycles. The molecule has 0 aliphatic heterocycles. The van der Waals surface area contributed by atoms with Crippen molar-refractivity contribution in [3.63, 3.8) is 0 Å². The Kier molecular flexibility index (Phi) is 3.66. The van der Waals surface area contributed by atoms with E-state index < -0.39 is 0 Å². The monoisotopic (exact) mass is 371 g/mol. The number of benzene rings is 3. The van der Waals surface area contributed by atoms with E-state index in [1.807, 2.05) is 54.6 Å². The number of nitrogens with zero attached hydrogens (tertiary/aromatic N) is 4. The van der Waals surface area contributed by atoms with Crippen LogP contribution in [0, 0.1) is 6.92 Å². The van der Waals surface area contributed by atoms with Gasteiger partial charge in [-0.25, -0.2) is 9.55 Å². The highest BCUT2D eigenvalue weighted by Gasteiger charge is 2.26. The van der Waals surface area contributed by atoms with Crippen LogP contribution in [0.25, 0.3) is 33.7 Å². The summed E-state index contributed by atoms with van der Waals surface area (Å²) in [4.78, 5) is 9.84. The van der Waals surface area contributed by atoms with Gasteiger partial charge in [0, 0.05) is 11.9 Å². The smallest absolute Gasteiger partial charge is 0.207 e. The molecule has 0 spiro atoms. The van der Waals surface area contributed by atoms with E-state index >= 15 is 0 Å². The van der Waals surface area contributed by atoms with E-state index in [1.165, 1.54) is 0 Å². The summed E-state index contributed by atoms with van der Waals surface area (Å²) in [7, 11) is 0. The molecule has 4 nitrogen and oxygen atoms in total. The molecular formula is C22H16ClN4+. The molecule has 2 heterocycles. The van der Waals surface area contributed by atoms with Crippen molar-refractivity contribution in [2.45, 2.75) is 6.92 Å². The molecule has 27 heavy (non-hydrogen) atoms. The van der Waals surface area contributed by atoms with Gasteiger partial charge in [-0.15, -0.1) is 0 Å². The molecule has 5 heteroatoms. The lowest BCUT2D eigenvalue weighted by atomic mass is 10.3. The number of imidazole rings is 1. The van der Waals surface area contributed by atoms with E-state index in [9.17, 15) is 0 Å². The SMILES string of the molecule is Cc1n(-c2ccccc2)c2nc3cc(Cl)ccc3nc2[n+]1-c1ccccc1. The van der Waals surface area contributed by atoms with E-state index in [-0.39, 0.29) is 0 Å². The van der Waals surface area contributed by atoms with Crippen molar-refractivity contribution in [2.75, 3.05) is 0 Å². The molecule has 0 aliphatic rings. The first kappa shape index (κ1) is 16.0. The summed E-state index contributed by atoms with van der Waals surface area (Å²) in [5, 5.41) is 0.654. The molecule has 5 rings (SSSR count). The van der Waals surface area contributed by atoms with Gasteiger partial charge in [-0.2, -0.15) is 4.57 Å². The number of aromatic nitrogens is 4. The molecule has 0 aliphatic carbocycles. The third-order valence-electron chi connectivity index (χ3n) is 4.69. The molecule has 0 amide bonds. The van der Waals surface area contributed by atoms with Crippen LogP contribution in [0.3, 0.4) is 0 Å². The molecular weight excluding hydrogens is 356 g/mol. The highest BCUT2D eigenvalue weighted by atomic mass is 35.5. The molecule has 0 fully saturated rings. The van der Waals surface area contributed by atoms with Crippen LogP contribution in [0.2, 0.25) is 5.02 Å². The van der Waals surface area contributed by atoms with Gasteiger partial charge >= 0.3 is 5.65 Å². The first-order chi connectivity index (χ1) is 13.2. The van der Waals surface area contributed by atoms with Crippen LogP contribution >= 0.6 is 11.6 Å². The summed E-state index contributed by atoms with van der Waals surface area (Å²) in [6.45, 7) is 2.08. The number of fused-ring (bicyclic) bond motifs is 2. The van der Waals surface area contributed by atoms with Gasteiger partial charge in [-0.3, -0.25) is 0 Å². The zero-order valence-electron chi connectivity index (χ0n) is 14.7. The second-order valence-electron chi connectivity index (χ2n) is 6.39. The van der Waals surface area contributed by atoms with Crippen molar-refractivity contribution in [2.24, 2.45) is 0 Å². The van der Waals surface area contributed by atoms with Crippen molar-refractivity contribution < 1.29 is 4.57 Å². The molecule has 0 unspecified atom stereocenters. The highest BCUT2D eigenvalue weighted by Crippen LogP contribution is 2.23. The third-order valence-corrected chi connectivity index (χ3v) is 4.92. The third kappa shape index (κ3) is 2.57. The van der Waals surface area contributed by atoms with Crippen molar-refractivity contribution in [3.8, 4) is 11.4 Å². The lowest BCUT2D eigenvalue weighted by molar-refractivity contribution is -0.577. The molecule has 5 aromatic rings. The van der Waals surface area contributed by atoms with E-state index in [2.05, 4.69) is 40.3 Å². The van der Waals surface area contributed by atoms with Crippen molar-refractivity contribution in [1.82, 2.24) is 14.5 Å². The average Bonchev–Trinajstić information content (AvgIpc) is 2.98. The minimum absolute atomic E-state index is 0.654. The maximum absolute atomic E-state index is 6.18. The van der Waals surface area contributed by atoms with Crippen LogP contribution in [-0.4, -0.2) is 14.5 Å². The number of hydrogen-bond donors (Lipinski definition) is 0. The van der Waals surface area contributed by atoms with Crippen LogP contribution in [0.15, 0.2) is 78.9 Å². The molecule has 0 atom stereocenters. The first-order valence-corrected chi connectivity index (χ1v) is 9.11. The van der Waals surface area contributed by atoms with E-state index in [1.54, 1.807) is 0 Å². The summed E-state index contributed by atoms with van der Waals surface area (Å²) in [5.41, 5.74) is 5.32. The van der Waals surface area contributed by atoms with Gasteiger partial charge in [0.15, 0.2) is 5.52 Å². The van der Waals surface area contributed by atoms with Crippen LogP contribution in [0.5, 0.6) is 0 Å². The van der Waals surface area contributed by atoms with E-state index in [0.29, 0.717) is 5.02 Å². The Morgan fingerprint density at radius 3 is 2.26 bits per heavy atom. The van der Waals surface area contributed by atoms with Gasteiger partial charge in [0.05, 0.1) is 0 Å².